The molecule has 8 heteroatoms. The highest BCUT2D eigenvalue weighted by Gasteiger charge is 2.31. The van der Waals surface area contributed by atoms with Crippen molar-refractivity contribution in [1.29, 1.82) is 5.26 Å². The normalized spacial score (nSPS) is 14.5. The molecular weight excluding hydrogens is 508 g/mol. The van der Waals surface area contributed by atoms with Crippen LogP contribution in [0.3, 0.4) is 0 Å². The van der Waals surface area contributed by atoms with Crippen LogP contribution in [-0.2, 0) is 0 Å². The Labute approximate surface area is 222 Å². The van der Waals surface area contributed by atoms with Crippen LogP contribution in [0.2, 0.25) is 5.02 Å². The van der Waals surface area contributed by atoms with Crippen molar-refractivity contribution < 1.29 is 19.0 Å². The lowest BCUT2D eigenvalue weighted by Gasteiger charge is -2.26. The quantitative estimate of drug-likeness (QED) is 0.167. The van der Waals surface area contributed by atoms with Gasteiger partial charge in [-0.1, -0.05) is 54.6 Å². The van der Waals surface area contributed by atoms with Gasteiger partial charge in [-0.3, -0.25) is 0 Å². The average molecular weight is 529 g/mol. The summed E-state index contributed by atoms with van der Waals surface area (Å²) in [4.78, 5) is 13.3. The molecule has 1 aliphatic rings. The number of ether oxygens (including phenoxy) is 3. The number of nitrogens with two attached hydrogens (primary N) is 1. The van der Waals surface area contributed by atoms with Gasteiger partial charge >= 0.3 is 5.97 Å². The topological polar surface area (TPSA) is 94.6 Å². The maximum absolute atomic E-state index is 13.0. The van der Waals surface area contributed by atoms with E-state index in [1.807, 2.05) is 49.4 Å². The first-order valence-corrected chi connectivity index (χ1v) is 12.5. The Kier molecular flexibility index (Phi) is 6.62. The summed E-state index contributed by atoms with van der Waals surface area (Å²) < 4.78 is 17.9. The number of hydrogen-bond acceptors (Lipinski definition) is 7. The lowest BCUT2D eigenvalue weighted by molar-refractivity contribution is 0.0740. The third kappa shape index (κ3) is 4.65. The van der Waals surface area contributed by atoms with E-state index in [1.165, 1.54) is 11.3 Å². The molecule has 184 valence electrons. The molecule has 2 heterocycles. The second kappa shape index (κ2) is 10.0. The van der Waals surface area contributed by atoms with Gasteiger partial charge in [-0.05, 0) is 42.3 Å². The Morgan fingerprint density at radius 1 is 1.19 bits per heavy atom. The molecule has 0 fully saturated rings. The predicted molar refractivity (Wildman–Crippen MR) is 144 cm³/mol. The summed E-state index contributed by atoms with van der Waals surface area (Å²) in [6.45, 7) is 6.02. The highest BCUT2D eigenvalue weighted by Crippen LogP contribution is 2.44. The van der Waals surface area contributed by atoms with Crippen molar-refractivity contribution in [3.8, 4) is 23.3 Å². The number of nitriles is 1. The summed E-state index contributed by atoms with van der Waals surface area (Å²) in [6.07, 6.45) is 1.67. The number of halogens is 1. The SMILES string of the molecule is C=CCOc1ccc(C2C(C#N)=C(N)Oc3cc(OC(=O)c4sc5cc(C)ccc5c4Cl)ccc32)cc1. The van der Waals surface area contributed by atoms with Gasteiger partial charge in [-0.15, -0.1) is 11.3 Å². The van der Waals surface area contributed by atoms with E-state index < -0.39 is 11.9 Å². The van der Waals surface area contributed by atoms with E-state index in [9.17, 15) is 10.1 Å². The first kappa shape index (κ1) is 24.4. The number of carbonyl (C=O) groups is 1. The van der Waals surface area contributed by atoms with Crippen molar-refractivity contribution in [2.75, 3.05) is 6.61 Å². The van der Waals surface area contributed by atoms with Gasteiger partial charge < -0.3 is 19.9 Å². The molecule has 37 heavy (non-hydrogen) atoms. The molecule has 0 radical (unpaired) electrons. The number of esters is 1. The summed E-state index contributed by atoms with van der Waals surface area (Å²) in [5.74, 6) is 0.340. The van der Waals surface area contributed by atoms with Crippen LogP contribution in [0.15, 0.2) is 84.8 Å². The van der Waals surface area contributed by atoms with Gasteiger partial charge in [0.2, 0.25) is 5.88 Å². The van der Waals surface area contributed by atoms with Crippen molar-refractivity contribution in [1.82, 2.24) is 0 Å². The van der Waals surface area contributed by atoms with E-state index in [0.717, 1.165) is 26.8 Å². The van der Waals surface area contributed by atoms with E-state index >= 15 is 0 Å². The molecule has 1 unspecified atom stereocenters. The second-order valence-electron chi connectivity index (χ2n) is 8.43. The zero-order chi connectivity index (χ0) is 26.1. The van der Waals surface area contributed by atoms with Crippen LogP contribution in [0.25, 0.3) is 10.1 Å². The summed E-state index contributed by atoms with van der Waals surface area (Å²) >= 11 is 7.77. The Bertz CT molecular complexity index is 1620. The van der Waals surface area contributed by atoms with Crippen molar-refractivity contribution in [3.63, 3.8) is 0 Å². The third-order valence-corrected chi connectivity index (χ3v) is 7.59. The van der Waals surface area contributed by atoms with Gasteiger partial charge in [-0.25, -0.2) is 4.79 Å². The lowest BCUT2D eigenvalue weighted by atomic mass is 9.83. The van der Waals surface area contributed by atoms with Crippen molar-refractivity contribution >= 4 is 39.0 Å². The van der Waals surface area contributed by atoms with Gasteiger partial charge in [-0.2, -0.15) is 5.26 Å². The minimum atomic E-state index is -0.562. The van der Waals surface area contributed by atoms with Crippen LogP contribution < -0.4 is 19.9 Å². The van der Waals surface area contributed by atoms with Gasteiger partial charge in [0.25, 0.3) is 0 Å². The van der Waals surface area contributed by atoms with Gasteiger partial charge in [0.1, 0.15) is 40.4 Å². The van der Waals surface area contributed by atoms with E-state index in [4.69, 9.17) is 31.5 Å². The van der Waals surface area contributed by atoms with Crippen LogP contribution in [0.5, 0.6) is 17.2 Å². The monoisotopic (exact) mass is 528 g/mol. The second-order valence-corrected chi connectivity index (χ2v) is 9.86. The molecule has 0 amide bonds. The van der Waals surface area contributed by atoms with Crippen LogP contribution >= 0.6 is 22.9 Å². The molecule has 2 N–H and O–H groups in total. The van der Waals surface area contributed by atoms with Gasteiger partial charge in [0.15, 0.2) is 0 Å². The fraction of sp³-hybridized carbons (Fsp3) is 0.103. The first-order chi connectivity index (χ1) is 17.9. The number of thiophene rings is 1. The number of benzene rings is 3. The fourth-order valence-corrected chi connectivity index (χ4v) is 5.69. The van der Waals surface area contributed by atoms with E-state index in [2.05, 4.69) is 12.6 Å². The Hall–Kier alpha value is -4.25. The molecule has 0 spiro atoms. The molecule has 3 aromatic carbocycles. The summed E-state index contributed by atoms with van der Waals surface area (Å²) in [7, 11) is 0. The van der Waals surface area contributed by atoms with E-state index in [1.54, 1.807) is 24.3 Å². The van der Waals surface area contributed by atoms with Crippen LogP contribution in [-0.4, -0.2) is 12.6 Å². The Morgan fingerprint density at radius 3 is 2.68 bits per heavy atom. The maximum atomic E-state index is 13.0. The highest BCUT2D eigenvalue weighted by atomic mass is 35.5. The Morgan fingerprint density at radius 2 is 1.95 bits per heavy atom. The van der Waals surface area contributed by atoms with Gasteiger partial charge in [0.05, 0.1) is 10.9 Å². The van der Waals surface area contributed by atoms with Crippen LogP contribution in [0.4, 0.5) is 0 Å². The number of nitrogens with zero attached hydrogens (tertiary/aromatic N) is 1. The lowest BCUT2D eigenvalue weighted by Crippen LogP contribution is -2.21. The molecule has 0 saturated heterocycles. The van der Waals surface area contributed by atoms with Crippen molar-refractivity contribution in [2.24, 2.45) is 5.73 Å². The molecule has 1 atom stereocenters. The summed E-state index contributed by atoms with van der Waals surface area (Å²) in [6, 6.07) is 20.4. The number of aryl methyl sites for hydroxylation is 1. The summed E-state index contributed by atoms with van der Waals surface area (Å²) in [5, 5.41) is 11.0. The molecule has 0 bridgehead atoms. The number of allylic oxidation sites excluding steroid dienone is 1. The van der Waals surface area contributed by atoms with Gasteiger partial charge in [0, 0.05) is 21.7 Å². The minimum Gasteiger partial charge on any atom is -0.490 e. The largest absolute Gasteiger partial charge is 0.490 e. The Balaban J connectivity index is 1.45. The standard InChI is InChI=1S/C29H21ClN2O4S/c1-3-12-34-18-7-5-17(6-8-18)25-20-11-9-19(14-23(20)36-28(32)22(25)15-31)35-29(33)27-26(30)21-10-4-16(2)13-24(21)37-27/h3-11,13-14,25H,1,12,32H2,2H3. The smallest absolute Gasteiger partial charge is 0.355 e. The molecule has 5 rings (SSSR count). The van der Waals surface area contributed by atoms with Crippen molar-refractivity contribution in [2.45, 2.75) is 12.8 Å². The molecule has 0 aliphatic carbocycles. The predicted octanol–water partition coefficient (Wildman–Crippen LogP) is 6.87. The molecule has 6 nitrogen and oxygen atoms in total. The average Bonchev–Trinajstić information content (AvgIpc) is 3.22. The number of fused-ring (bicyclic) bond motifs is 2. The fourth-order valence-electron chi connectivity index (χ4n) is 4.21. The zero-order valence-corrected chi connectivity index (χ0v) is 21.4. The highest BCUT2D eigenvalue weighted by molar-refractivity contribution is 7.21. The first-order valence-electron chi connectivity index (χ1n) is 11.4. The van der Waals surface area contributed by atoms with Crippen LogP contribution in [0, 0.1) is 18.3 Å². The maximum Gasteiger partial charge on any atom is 0.355 e. The molecular formula is C29H21ClN2O4S. The van der Waals surface area contributed by atoms with Crippen LogP contribution in [0.1, 0.15) is 32.3 Å². The molecule has 1 aliphatic heterocycles. The summed E-state index contributed by atoms with van der Waals surface area (Å²) in [5.41, 5.74) is 9.06. The molecule has 4 aromatic rings. The van der Waals surface area contributed by atoms with E-state index in [-0.39, 0.29) is 11.6 Å². The van der Waals surface area contributed by atoms with Crippen molar-refractivity contribution in [3.05, 3.63) is 111 Å². The molecule has 0 saturated carbocycles. The third-order valence-electron chi connectivity index (χ3n) is 5.95. The number of carbonyl (C=O) groups excluding carboxylic acids is 1. The minimum absolute atomic E-state index is 0.00150. The number of hydrogen-bond donors (Lipinski definition) is 1. The number of rotatable bonds is 6. The zero-order valence-electron chi connectivity index (χ0n) is 19.8. The van der Waals surface area contributed by atoms with E-state index in [0.29, 0.717) is 33.6 Å². The molecule has 1 aromatic heterocycles.